The zero-order chi connectivity index (χ0) is 18.6. The van der Waals surface area contributed by atoms with Gasteiger partial charge in [0.2, 0.25) is 5.76 Å². The summed E-state index contributed by atoms with van der Waals surface area (Å²) in [5, 5.41) is 0.531. The number of rotatable bonds is 5. The number of hydrogen-bond acceptors (Lipinski definition) is 6. The Kier molecular flexibility index (Phi) is 5.51. The number of quaternary nitrogens is 1. The van der Waals surface area contributed by atoms with Crippen LogP contribution in [0, 0.1) is 5.82 Å². The summed E-state index contributed by atoms with van der Waals surface area (Å²) >= 11 is 1.29. The van der Waals surface area contributed by atoms with E-state index in [9.17, 15) is 9.18 Å². The van der Waals surface area contributed by atoms with Crippen molar-refractivity contribution in [1.82, 2.24) is 4.98 Å². The van der Waals surface area contributed by atoms with E-state index in [1.165, 1.54) is 34.6 Å². The number of ether oxygens (including phenoxy) is 3. The van der Waals surface area contributed by atoms with Crippen LogP contribution in [0.4, 0.5) is 9.52 Å². The maximum Gasteiger partial charge on any atom is 0.298 e. The number of hydrogen-bond donors (Lipinski definition) is 1. The predicted octanol–water partition coefficient (Wildman–Crippen LogP) is 0.572. The summed E-state index contributed by atoms with van der Waals surface area (Å²) in [6.07, 6.45) is 1.35. The second kappa shape index (κ2) is 8.20. The van der Waals surface area contributed by atoms with Crippen molar-refractivity contribution in [3.8, 4) is 0 Å². The molecule has 2 aliphatic heterocycles. The topological polar surface area (TPSA) is 65.3 Å². The molecule has 2 aromatic rings. The highest BCUT2D eigenvalue weighted by Gasteiger charge is 2.28. The number of morpholine rings is 1. The molecule has 144 valence electrons. The van der Waals surface area contributed by atoms with E-state index in [-0.39, 0.29) is 17.5 Å². The fourth-order valence-corrected chi connectivity index (χ4v) is 4.09. The van der Waals surface area contributed by atoms with Gasteiger partial charge < -0.3 is 19.1 Å². The van der Waals surface area contributed by atoms with Crippen LogP contribution < -0.4 is 9.80 Å². The van der Waals surface area contributed by atoms with Gasteiger partial charge in [-0.05, 0) is 18.2 Å². The van der Waals surface area contributed by atoms with E-state index < -0.39 is 0 Å². The molecule has 2 aliphatic rings. The number of thiazole rings is 1. The van der Waals surface area contributed by atoms with Gasteiger partial charge in [0.15, 0.2) is 5.13 Å². The lowest BCUT2D eigenvalue weighted by Gasteiger charge is -2.27. The number of carbonyl (C=O) groups excluding carboxylic acids is 1. The van der Waals surface area contributed by atoms with Crippen LogP contribution in [0.15, 0.2) is 30.2 Å². The molecule has 0 radical (unpaired) electrons. The van der Waals surface area contributed by atoms with Gasteiger partial charge >= 0.3 is 0 Å². The zero-order valence-corrected chi connectivity index (χ0v) is 15.6. The zero-order valence-electron chi connectivity index (χ0n) is 14.8. The summed E-state index contributed by atoms with van der Waals surface area (Å²) < 4.78 is 30.3. The van der Waals surface area contributed by atoms with Gasteiger partial charge in [0.1, 0.15) is 38.4 Å². The first-order valence-electron chi connectivity index (χ1n) is 8.94. The monoisotopic (exact) mass is 394 g/mol. The SMILES string of the molecule is O=C(C1=COCCO1)N(CC[NH+]1CCOCC1)c1nc2ccc(F)cc2s1. The Hall–Kier alpha value is -2.23. The molecule has 1 fully saturated rings. The van der Waals surface area contributed by atoms with Crippen molar-refractivity contribution < 1.29 is 28.3 Å². The highest BCUT2D eigenvalue weighted by Crippen LogP contribution is 2.30. The molecule has 0 atom stereocenters. The number of amides is 1. The summed E-state index contributed by atoms with van der Waals surface area (Å²) in [7, 11) is 0. The third kappa shape index (κ3) is 4.20. The summed E-state index contributed by atoms with van der Waals surface area (Å²) in [5.41, 5.74) is 0.669. The normalized spacial score (nSPS) is 17.9. The number of nitrogens with zero attached hydrogens (tertiary/aromatic N) is 2. The molecular formula is C18H21FN3O4S+. The van der Waals surface area contributed by atoms with Crippen molar-refractivity contribution in [2.75, 3.05) is 57.5 Å². The van der Waals surface area contributed by atoms with Crippen molar-refractivity contribution in [1.29, 1.82) is 0 Å². The fourth-order valence-electron chi connectivity index (χ4n) is 3.08. The Morgan fingerprint density at radius 3 is 2.89 bits per heavy atom. The van der Waals surface area contributed by atoms with E-state index in [1.807, 2.05) is 0 Å². The molecule has 1 amide bonds. The third-order valence-corrected chi connectivity index (χ3v) is 5.61. The van der Waals surface area contributed by atoms with Gasteiger partial charge in [0.25, 0.3) is 5.91 Å². The van der Waals surface area contributed by atoms with Crippen LogP contribution in [0.5, 0.6) is 0 Å². The van der Waals surface area contributed by atoms with Gasteiger partial charge in [0.05, 0.1) is 36.5 Å². The molecule has 1 N–H and O–H groups in total. The highest BCUT2D eigenvalue weighted by atomic mass is 32.1. The van der Waals surface area contributed by atoms with Crippen LogP contribution in [-0.4, -0.2) is 63.5 Å². The molecule has 3 heterocycles. The maximum atomic E-state index is 13.5. The number of fused-ring (bicyclic) bond motifs is 1. The molecule has 0 unspecified atom stereocenters. The van der Waals surface area contributed by atoms with Crippen molar-refractivity contribution in [3.05, 3.63) is 36.0 Å². The second-order valence-corrected chi connectivity index (χ2v) is 7.39. The molecule has 9 heteroatoms. The number of aromatic nitrogens is 1. The summed E-state index contributed by atoms with van der Waals surface area (Å²) in [4.78, 5) is 20.5. The van der Waals surface area contributed by atoms with Gasteiger partial charge in [-0.1, -0.05) is 11.3 Å². The summed E-state index contributed by atoms with van der Waals surface area (Å²) in [6, 6.07) is 4.43. The maximum absolute atomic E-state index is 13.5. The number of carbonyl (C=O) groups is 1. The van der Waals surface area contributed by atoms with Gasteiger partial charge in [-0.2, -0.15) is 0 Å². The van der Waals surface area contributed by atoms with Gasteiger partial charge in [-0.3, -0.25) is 9.69 Å². The third-order valence-electron chi connectivity index (χ3n) is 4.56. The average Bonchev–Trinajstić information content (AvgIpc) is 3.12. The lowest BCUT2D eigenvalue weighted by Crippen LogP contribution is -3.14. The first kappa shape index (κ1) is 18.1. The van der Waals surface area contributed by atoms with Crippen molar-refractivity contribution in [2.24, 2.45) is 0 Å². The van der Waals surface area contributed by atoms with E-state index in [2.05, 4.69) is 4.98 Å². The minimum Gasteiger partial charge on any atom is -0.494 e. The van der Waals surface area contributed by atoms with Crippen LogP contribution in [-0.2, 0) is 19.0 Å². The van der Waals surface area contributed by atoms with E-state index in [0.29, 0.717) is 35.1 Å². The van der Waals surface area contributed by atoms with Gasteiger partial charge in [0, 0.05) is 0 Å². The quantitative estimate of drug-likeness (QED) is 0.804. The molecule has 1 saturated heterocycles. The molecule has 0 bridgehead atoms. The summed E-state index contributed by atoms with van der Waals surface area (Å²) in [5.74, 6) is -0.439. The number of halogens is 1. The van der Waals surface area contributed by atoms with E-state index in [4.69, 9.17) is 14.2 Å². The standard InChI is InChI=1S/C18H20FN3O4S/c19-13-1-2-14-16(11-13)27-18(20-14)22(4-3-21-5-7-24-8-6-21)17(23)15-12-25-9-10-26-15/h1-2,11-12H,3-10H2/p+1. The van der Waals surface area contributed by atoms with Crippen LogP contribution in [0.25, 0.3) is 10.2 Å². The van der Waals surface area contributed by atoms with Crippen molar-refractivity contribution in [3.63, 3.8) is 0 Å². The lowest BCUT2D eigenvalue weighted by molar-refractivity contribution is -0.906. The Bertz CT molecular complexity index is 850. The number of benzene rings is 1. The Morgan fingerprint density at radius 1 is 1.26 bits per heavy atom. The van der Waals surface area contributed by atoms with Crippen LogP contribution in [0.1, 0.15) is 0 Å². The van der Waals surface area contributed by atoms with Crippen LogP contribution in [0.3, 0.4) is 0 Å². The summed E-state index contributed by atoms with van der Waals surface area (Å²) in [6.45, 7) is 5.30. The fraction of sp³-hybridized carbons (Fsp3) is 0.444. The van der Waals surface area contributed by atoms with Crippen LogP contribution in [0.2, 0.25) is 0 Å². The Morgan fingerprint density at radius 2 is 2.11 bits per heavy atom. The van der Waals surface area contributed by atoms with Crippen molar-refractivity contribution in [2.45, 2.75) is 0 Å². The van der Waals surface area contributed by atoms with Gasteiger partial charge in [-0.25, -0.2) is 9.37 Å². The molecule has 1 aromatic carbocycles. The predicted molar refractivity (Wildman–Crippen MR) is 98.3 cm³/mol. The molecule has 7 nitrogen and oxygen atoms in total. The minimum absolute atomic E-state index is 0.170. The average molecular weight is 394 g/mol. The van der Waals surface area contributed by atoms with Gasteiger partial charge in [-0.15, -0.1) is 0 Å². The second-order valence-electron chi connectivity index (χ2n) is 6.38. The largest absolute Gasteiger partial charge is 0.494 e. The van der Waals surface area contributed by atoms with E-state index in [1.54, 1.807) is 11.0 Å². The number of anilines is 1. The Labute approximate surface area is 159 Å². The molecule has 1 aromatic heterocycles. The number of nitrogens with one attached hydrogen (secondary N) is 1. The molecule has 0 saturated carbocycles. The molecule has 0 spiro atoms. The lowest BCUT2D eigenvalue weighted by atomic mass is 10.3. The Balaban J connectivity index is 1.59. The highest BCUT2D eigenvalue weighted by molar-refractivity contribution is 7.22. The van der Waals surface area contributed by atoms with Crippen molar-refractivity contribution >= 4 is 32.6 Å². The molecule has 0 aliphatic carbocycles. The minimum atomic E-state index is -0.319. The smallest absolute Gasteiger partial charge is 0.298 e. The van der Waals surface area contributed by atoms with E-state index >= 15 is 0 Å². The molecule has 27 heavy (non-hydrogen) atoms. The molecular weight excluding hydrogens is 373 g/mol. The molecule has 4 rings (SSSR count). The van der Waals surface area contributed by atoms with E-state index in [0.717, 1.165) is 32.8 Å². The first-order valence-corrected chi connectivity index (χ1v) is 9.76. The van der Waals surface area contributed by atoms with Crippen LogP contribution >= 0.6 is 11.3 Å². The first-order chi connectivity index (χ1) is 13.2.